The molecule has 26 heavy (non-hydrogen) atoms. The maximum atomic E-state index is 12.8. The number of nitrogens with one attached hydrogen (secondary N) is 1. The molecule has 1 unspecified atom stereocenters. The lowest BCUT2D eigenvalue weighted by atomic mass is 10.0. The summed E-state index contributed by atoms with van der Waals surface area (Å²) >= 11 is 0. The fourth-order valence-corrected chi connectivity index (χ4v) is 3.36. The first kappa shape index (κ1) is 16.1. The normalized spacial score (nSPS) is 18.8. The van der Waals surface area contributed by atoms with Crippen molar-refractivity contribution in [2.45, 2.75) is 25.4 Å². The molecule has 2 aliphatic heterocycles. The van der Waals surface area contributed by atoms with Crippen LogP contribution in [0.3, 0.4) is 0 Å². The number of hydrogen-bond donors (Lipinski definition) is 1. The van der Waals surface area contributed by atoms with Gasteiger partial charge >= 0.3 is 0 Å². The fraction of sp³-hybridized carbons (Fsp3) is 0.190. The summed E-state index contributed by atoms with van der Waals surface area (Å²) in [7, 11) is 0. The molecule has 2 aliphatic rings. The lowest BCUT2D eigenvalue weighted by Gasteiger charge is -2.29. The van der Waals surface area contributed by atoms with Crippen molar-refractivity contribution in [2.75, 3.05) is 0 Å². The zero-order valence-corrected chi connectivity index (χ0v) is 14.0. The Hall–Kier alpha value is -3.39. The number of imide groups is 1. The van der Waals surface area contributed by atoms with E-state index in [1.165, 1.54) is 0 Å². The van der Waals surface area contributed by atoms with Crippen molar-refractivity contribution in [3.05, 3.63) is 70.8 Å². The summed E-state index contributed by atoms with van der Waals surface area (Å²) in [4.78, 5) is 37.8. The molecule has 1 atom stereocenters. The van der Waals surface area contributed by atoms with E-state index < -0.39 is 11.9 Å². The molecule has 4 rings (SSSR count). The lowest BCUT2D eigenvalue weighted by molar-refractivity contribution is -0.136. The average molecular weight is 344 g/mol. The number of carbonyl (C=O) groups is 3. The SMILES string of the molecule is O=C1CCC(N2Cc3c(C#Cc4ccccc4)cccc3C2=O)C(=O)N1. The number of piperidine rings is 1. The molecule has 1 N–H and O–H groups in total. The number of fused-ring (bicyclic) bond motifs is 1. The molecule has 1 fully saturated rings. The lowest BCUT2D eigenvalue weighted by Crippen LogP contribution is -2.52. The molecule has 2 heterocycles. The van der Waals surface area contributed by atoms with E-state index in [2.05, 4.69) is 17.2 Å². The summed E-state index contributed by atoms with van der Waals surface area (Å²) < 4.78 is 0. The number of hydrogen-bond acceptors (Lipinski definition) is 3. The van der Waals surface area contributed by atoms with E-state index in [1.807, 2.05) is 36.4 Å². The number of carbonyl (C=O) groups excluding carboxylic acids is 3. The monoisotopic (exact) mass is 344 g/mol. The van der Waals surface area contributed by atoms with Gasteiger partial charge in [0.1, 0.15) is 6.04 Å². The molecule has 5 nitrogen and oxygen atoms in total. The van der Waals surface area contributed by atoms with Gasteiger partial charge in [0.05, 0.1) is 0 Å². The van der Waals surface area contributed by atoms with E-state index in [-0.39, 0.29) is 18.2 Å². The van der Waals surface area contributed by atoms with Gasteiger partial charge in [0, 0.05) is 29.7 Å². The van der Waals surface area contributed by atoms with Crippen molar-refractivity contribution >= 4 is 17.7 Å². The molecule has 0 bridgehead atoms. The van der Waals surface area contributed by atoms with Crippen molar-refractivity contribution in [2.24, 2.45) is 0 Å². The molecular formula is C21H16N2O3. The summed E-state index contributed by atoms with van der Waals surface area (Å²) in [5.74, 6) is 5.38. The van der Waals surface area contributed by atoms with E-state index >= 15 is 0 Å². The Labute approximate surface area is 151 Å². The predicted octanol–water partition coefficient (Wildman–Crippen LogP) is 1.85. The van der Waals surface area contributed by atoms with Crippen molar-refractivity contribution in [1.29, 1.82) is 0 Å². The largest absolute Gasteiger partial charge is 0.322 e. The van der Waals surface area contributed by atoms with E-state index in [0.29, 0.717) is 18.5 Å². The molecule has 0 aromatic heterocycles. The molecule has 5 heteroatoms. The second kappa shape index (κ2) is 6.49. The van der Waals surface area contributed by atoms with Crippen LogP contribution in [0.15, 0.2) is 48.5 Å². The van der Waals surface area contributed by atoms with Crippen molar-refractivity contribution in [3.8, 4) is 11.8 Å². The maximum Gasteiger partial charge on any atom is 0.255 e. The van der Waals surface area contributed by atoms with Gasteiger partial charge in [-0.15, -0.1) is 0 Å². The molecule has 0 spiro atoms. The quantitative estimate of drug-likeness (QED) is 0.634. The van der Waals surface area contributed by atoms with Gasteiger partial charge in [-0.1, -0.05) is 36.1 Å². The van der Waals surface area contributed by atoms with Crippen LogP contribution in [-0.2, 0) is 16.1 Å². The molecule has 3 amide bonds. The highest BCUT2D eigenvalue weighted by Gasteiger charge is 2.39. The minimum absolute atomic E-state index is 0.183. The van der Waals surface area contributed by atoms with E-state index in [0.717, 1.165) is 16.7 Å². The van der Waals surface area contributed by atoms with Crippen molar-refractivity contribution in [1.82, 2.24) is 10.2 Å². The first-order chi connectivity index (χ1) is 12.6. The van der Waals surface area contributed by atoms with E-state index in [9.17, 15) is 14.4 Å². The Bertz CT molecular complexity index is 970. The molecule has 0 radical (unpaired) electrons. The number of nitrogens with zero attached hydrogens (tertiary/aromatic N) is 1. The first-order valence-corrected chi connectivity index (χ1v) is 8.47. The van der Waals surface area contributed by atoms with Crippen LogP contribution in [-0.4, -0.2) is 28.7 Å². The third-order valence-electron chi connectivity index (χ3n) is 4.70. The Morgan fingerprint density at radius 1 is 0.962 bits per heavy atom. The number of rotatable bonds is 1. The van der Waals surface area contributed by atoms with E-state index in [4.69, 9.17) is 0 Å². The van der Waals surface area contributed by atoms with Crippen LogP contribution in [0.1, 0.15) is 39.9 Å². The Kier molecular flexibility index (Phi) is 4.02. The van der Waals surface area contributed by atoms with Gasteiger partial charge in [-0.25, -0.2) is 0 Å². The fourth-order valence-electron chi connectivity index (χ4n) is 3.36. The second-order valence-electron chi connectivity index (χ2n) is 6.35. The predicted molar refractivity (Wildman–Crippen MR) is 94.9 cm³/mol. The van der Waals surface area contributed by atoms with Crippen molar-refractivity contribution in [3.63, 3.8) is 0 Å². The number of benzene rings is 2. The molecule has 128 valence electrons. The molecule has 2 aromatic rings. The topological polar surface area (TPSA) is 66.5 Å². The van der Waals surface area contributed by atoms with Crippen molar-refractivity contribution < 1.29 is 14.4 Å². The number of amides is 3. The van der Waals surface area contributed by atoms with Crippen LogP contribution in [0, 0.1) is 11.8 Å². The van der Waals surface area contributed by atoms with Gasteiger partial charge in [0.25, 0.3) is 5.91 Å². The second-order valence-corrected chi connectivity index (χ2v) is 6.35. The molecule has 2 aromatic carbocycles. The van der Waals surface area contributed by atoms with Gasteiger partial charge in [-0.3, -0.25) is 19.7 Å². The highest BCUT2D eigenvalue weighted by Crippen LogP contribution is 2.29. The van der Waals surface area contributed by atoms with Gasteiger partial charge in [-0.05, 0) is 36.2 Å². The van der Waals surface area contributed by atoms with Crippen LogP contribution in [0.2, 0.25) is 0 Å². The van der Waals surface area contributed by atoms with Gasteiger partial charge in [0.2, 0.25) is 11.8 Å². The van der Waals surface area contributed by atoms with Crippen LogP contribution < -0.4 is 5.32 Å². The molecule has 0 saturated carbocycles. The zero-order valence-electron chi connectivity index (χ0n) is 14.0. The summed E-state index contributed by atoms with van der Waals surface area (Å²) in [6.45, 7) is 0.333. The third-order valence-corrected chi connectivity index (χ3v) is 4.70. The third kappa shape index (κ3) is 2.86. The van der Waals surface area contributed by atoms with Gasteiger partial charge in [-0.2, -0.15) is 0 Å². The summed E-state index contributed by atoms with van der Waals surface area (Å²) in [6.07, 6.45) is 0.604. The highest BCUT2D eigenvalue weighted by atomic mass is 16.2. The minimum Gasteiger partial charge on any atom is -0.322 e. The van der Waals surface area contributed by atoms with Crippen LogP contribution in [0.25, 0.3) is 0 Å². The minimum atomic E-state index is -0.609. The Morgan fingerprint density at radius 3 is 2.54 bits per heavy atom. The first-order valence-electron chi connectivity index (χ1n) is 8.47. The van der Waals surface area contributed by atoms with E-state index in [1.54, 1.807) is 17.0 Å². The van der Waals surface area contributed by atoms with Crippen LogP contribution in [0.5, 0.6) is 0 Å². The average Bonchev–Trinajstić information content (AvgIpc) is 2.98. The zero-order chi connectivity index (χ0) is 18.1. The Morgan fingerprint density at radius 2 is 1.77 bits per heavy atom. The Balaban J connectivity index is 1.64. The smallest absolute Gasteiger partial charge is 0.255 e. The van der Waals surface area contributed by atoms with Crippen LogP contribution >= 0.6 is 0 Å². The van der Waals surface area contributed by atoms with Crippen LogP contribution in [0.4, 0.5) is 0 Å². The summed E-state index contributed by atoms with van der Waals surface area (Å²) in [5, 5.41) is 2.32. The highest BCUT2D eigenvalue weighted by molar-refractivity contribution is 6.05. The standard InChI is InChI=1S/C21H16N2O3/c24-19-12-11-18(20(25)22-19)23-13-17-15(7-4-8-16(17)21(23)26)10-9-14-5-2-1-3-6-14/h1-8,18H,11-13H2,(H,22,24,25). The molecule has 1 saturated heterocycles. The molecular weight excluding hydrogens is 328 g/mol. The van der Waals surface area contributed by atoms with Gasteiger partial charge < -0.3 is 4.90 Å². The maximum absolute atomic E-state index is 12.8. The molecule has 0 aliphatic carbocycles. The summed E-state index contributed by atoms with van der Waals surface area (Å²) in [5.41, 5.74) is 3.10. The summed E-state index contributed by atoms with van der Waals surface area (Å²) in [6, 6.07) is 14.5. The van der Waals surface area contributed by atoms with Gasteiger partial charge in [0.15, 0.2) is 0 Å².